The van der Waals surface area contributed by atoms with Gasteiger partial charge in [0.25, 0.3) is 11.5 Å². The maximum atomic E-state index is 12.7. The van der Waals surface area contributed by atoms with Crippen LogP contribution in [-0.2, 0) is 4.74 Å². The highest BCUT2D eigenvalue weighted by molar-refractivity contribution is 6.02. The Hall–Kier alpha value is -4.43. The summed E-state index contributed by atoms with van der Waals surface area (Å²) in [5.41, 5.74) is 12.0. The number of likely N-dealkylation sites (N-methyl/N-ethyl adjacent to an activating group) is 1. The largest absolute Gasteiger partial charge is 0.396 e. The average molecular weight is 468 g/mol. The van der Waals surface area contributed by atoms with E-state index < -0.39 is 0 Å². The van der Waals surface area contributed by atoms with E-state index in [1.54, 1.807) is 19.1 Å². The Morgan fingerprint density at radius 2 is 1.74 bits per heavy atom. The van der Waals surface area contributed by atoms with E-state index in [1.165, 1.54) is 0 Å². The standard InChI is InChI=1S/C27H25N5O3/c1-32(13-14-35-2)27(34)17-9-7-16(8-10-17)18-11-12-20-19(15-18)23(28)24(29-20)25-26(33)31-22-6-4-3-5-21(22)30-25/h3-12,15,29H,13-14,28H2,1-2H3,(H,31,33). The Morgan fingerprint density at radius 1 is 1.00 bits per heavy atom. The Labute approximate surface area is 201 Å². The molecule has 5 aromatic rings. The van der Waals surface area contributed by atoms with Crippen LogP contribution in [-0.4, -0.2) is 53.1 Å². The first-order valence-corrected chi connectivity index (χ1v) is 11.2. The van der Waals surface area contributed by atoms with Gasteiger partial charge in [-0.2, -0.15) is 0 Å². The number of H-pyrrole nitrogens is 2. The molecule has 35 heavy (non-hydrogen) atoms. The Kier molecular flexibility index (Phi) is 5.80. The summed E-state index contributed by atoms with van der Waals surface area (Å²) in [6.07, 6.45) is 0. The van der Waals surface area contributed by atoms with Crippen LogP contribution in [0.4, 0.5) is 5.69 Å². The number of anilines is 1. The molecule has 0 aliphatic heterocycles. The molecule has 0 saturated heterocycles. The van der Waals surface area contributed by atoms with Crippen molar-refractivity contribution in [2.24, 2.45) is 0 Å². The monoisotopic (exact) mass is 467 g/mol. The number of methoxy groups -OCH3 is 1. The van der Waals surface area contributed by atoms with Crippen LogP contribution in [0.2, 0.25) is 0 Å². The minimum Gasteiger partial charge on any atom is -0.396 e. The third-order valence-corrected chi connectivity index (χ3v) is 6.12. The highest BCUT2D eigenvalue weighted by atomic mass is 16.5. The quantitative estimate of drug-likeness (QED) is 0.348. The van der Waals surface area contributed by atoms with Gasteiger partial charge in [-0.15, -0.1) is 0 Å². The maximum absolute atomic E-state index is 12.7. The van der Waals surface area contributed by atoms with Gasteiger partial charge in [0.15, 0.2) is 5.69 Å². The number of para-hydroxylation sites is 2. The fourth-order valence-electron chi connectivity index (χ4n) is 4.13. The number of carbonyl (C=O) groups is 1. The predicted molar refractivity (Wildman–Crippen MR) is 138 cm³/mol. The first-order chi connectivity index (χ1) is 17.0. The number of nitrogen functional groups attached to an aromatic ring is 1. The Balaban J connectivity index is 1.48. The topological polar surface area (TPSA) is 117 Å². The summed E-state index contributed by atoms with van der Waals surface area (Å²) in [7, 11) is 3.37. The highest BCUT2D eigenvalue weighted by Gasteiger charge is 2.17. The molecule has 2 heterocycles. The zero-order chi connectivity index (χ0) is 24.5. The van der Waals surface area contributed by atoms with Crippen molar-refractivity contribution < 1.29 is 9.53 Å². The van der Waals surface area contributed by atoms with Gasteiger partial charge in [0.1, 0.15) is 0 Å². The molecule has 8 nitrogen and oxygen atoms in total. The summed E-state index contributed by atoms with van der Waals surface area (Å²) in [4.78, 5) is 37.6. The molecule has 4 N–H and O–H groups in total. The molecule has 0 fully saturated rings. The number of carbonyl (C=O) groups excluding carboxylic acids is 1. The SMILES string of the molecule is COCCN(C)C(=O)c1ccc(-c2ccc3[nH]c(-c4nc5ccccc5[nH]c4=O)c(N)c3c2)cc1. The number of nitrogens with zero attached hydrogens (tertiary/aromatic N) is 2. The van der Waals surface area contributed by atoms with Crippen molar-refractivity contribution in [1.82, 2.24) is 19.9 Å². The van der Waals surface area contributed by atoms with Crippen molar-refractivity contribution in [3.8, 4) is 22.5 Å². The number of aromatic amines is 2. The lowest BCUT2D eigenvalue weighted by atomic mass is 10.0. The summed E-state index contributed by atoms with van der Waals surface area (Å²) in [5, 5.41) is 0.798. The second-order valence-corrected chi connectivity index (χ2v) is 8.40. The van der Waals surface area contributed by atoms with Crippen LogP contribution in [0, 0.1) is 0 Å². The van der Waals surface area contributed by atoms with E-state index in [2.05, 4.69) is 15.0 Å². The number of benzene rings is 3. The summed E-state index contributed by atoms with van der Waals surface area (Å²) >= 11 is 0. The van der Waals surface area contributed by atoms with Crippen LogP contribution in [0.25, 0.3) is 44.5 Å². The molecule has 3 aromatic carbocycles. The predicted octanol–water partition coefficient (Wildman–Crippen LogP) is 4.04. The lowest BCUT2D eigenvalue weighted by molar-refractivity contribution is 0.0744. The second-order valence-electron chi connectivity index (χ2n) is 8.40. The molecule has 5 rings (SSSR count). The molecule has 0 unspecified atom stereocenters. The van der Waals surface area contributed by atoms with Crippen LogP contribution in [0.3, 0.4) is 0 Å². The normalized spacial score (nSPS) is 11.3. The van der Waals surface area contributed by atoms with E-state index in [4.69, 9.17) is 10.5 Å². The number of rotatable bonds is 6. The molecule has 0 aliphatic carbocycles. The highest BCUT2D eigenvalue weighted by Crippen LogP contribution is 2.34. The number of hydrogen-bond acceptors (Lipinski definition) is 5. The van der Waals surface area contributed by atoms with E-state index in [-0.39, 0.29) is 17.2 Å². The van der Waals surface area contributed by atoms with E-state index in [0.717, 1.165) is 22.0 Å². The number of aromatic nitrogens is 3. The summed E-state index contributed by atoms with van der Waals surface area (Å²) in [6, 6.07) is 20.7. The fourth-order valence-corrected chi connectivity index (χ4v) is 4.13. The fraction of sp³-hybridized carbons (Fsp3) is 0.148. The molecule has 2 aromatic heterocycles. The van der Waals surface area contributed by atoms with E-state index >= 15 is 0 Å². The van der Waals surface area contributed by atoms with Gasteiger partial charge in [0.05, 0.1) is 29.0 Å². The van der Waals surface area contributed by atoms with Gasteiger partial charge < -0.3 is 25.3 Å². The van der Waals surface area contributed by atoms with Crippen molar-refractivity contribution in [3.63, 3.8) is 0 Å². The molecule has 0 atom stereocenters. The molecular weight excluding hydrogens is 442 g/mol. The molecule has 0 spiro atoms. The molecule has 8 heteroatoms. The van der Waals surface area contributed by atoms with Crippen molar-refractivity contribution in [1.29, 1.82) is 0 Å². The number of nitrogens with two attached hydrogens (primary N) is 1. The summed E-state index contributed by atoms with van der Waals surface area (Å²) in [6.45, 7) is 1.01. The molecule has 0 aliphatic rings. The minimum atomic E-state index is -0.307. The van der Waals surface area contributed by atoms with Crippen molar-refractivity contribution >= 4 is 33.5 Å². The van der Waals surface area contributed by atoms with Gasteiger partial charge in [-0.3, -0.25) is 9.59 Å². The third kappa shape index (κ3) is 4.15. The third-order valence-electron chi connectivity index (χ3n) is 6.12. The Morgan fingerprint density at radius 3 is 2.51 bits per heavy atom. The number of nitrogens with one attached hydrogen (secondary N) is 2. The van der Waals surface area contributed by atoms with Crippen molar-refractivity contribution in [2.75, 3.05) is 33.0 Å². The summed E-state index contributed by atoms with van der Waals surface area (Å²) in [5.74, 6) is -0.0586. The molecule has 0 bridgehead atoms. The molecule has 1 amide bonds. The number of hydrogen-bond donors (Lipinski definition) is 3. The van der Waals surface area contributed by atoms with Gasteiger partial charge in [-0.25, -0.2) is 4.98 Å². The first-order valence-electron chi connectivity index (χ1n) is 11.2. The van der Waals surface area contributed by atoms with Gasteiger partial charge in [-0.05, 0) is 47.5 Å². The number of fused-ring (bicyclic) bond motifs is 2. The number of amides is 1. The van der Waals surface area contributed by atoms with Crippen LogP contribution >= 0.6 is 0 Å². The van der Waals surface area contributed by atoms with Gasteiger partial charge in [0.2, 0.25) is 0 Å². The smallest absolute Gasteiger partial charge is 0.276 e. The van der Waals surface area contributed by atoms with Crippen LogP contribution < -0.4 is 11.3 Å². The first kappa shape index (κ1) is 22.4. The van der Waals surface area contributed by atoms with E-state index in [9.17, 15) is 9.59 Å². The minimum absolute atomic E-state index is 0.0586. The van der Waals surface area contributed by atoms with Crippen LogP contribution in [0.1, 0.15) is 10.4 Å². The molecule has 0 saturated carbocycles. The number of ether oxygens (including phenoxy) is 1. The lowest BCUT2D eigenvalue weighted by Gasteiger charge is -2.16. The van der Waals surface area contributed by atoms with Crippen molar-refractivity contribution in [2.45, 2.75) is 0 Å². The summed E-state index contributed by atoms with van der Waals surface area (Å²) < 4.78 is 5.05. The van der Waals surface area contributed by atoms with E-state index in [1.807, 2.05) is 66.7 Å². The van der Waals surface area contributed by atoms with Gasteiger partial charge in [0, 0.05) is 37.2 Å². The molecular formula is C27H25N5O3. The lowest BCUT2D eigenvalue weighted by Crippen LogP contribution is -2.29. The average Bonchev–Trinajstić information content (AvgIpc) is 3.21. The zero-order valence-electron chi connectivity index (χ0n) is 19.5. The van der Waals surface area contributed by atoms with Gasteiger partial charge >= 0.3 is 0 Å². The Bertz CT molecular complexity index is 1600. The van der Waals surface area contributed by atoms with Crippen LogP contribution in [0.15, 0.2) is 71.5 Å². The second kappa shape index (κ2) is 9.08. The van der Waals surface area contributed by atoms with E-state index in [0.29, 0.717) is 41.1 Å². The van der Waals surface area contributed by atoms with Crippen LogP contribution in [0.5, 0.6) is 0 Å². The maximum Gasteiger partial charge on any atom is 0.276 e. The van der Waals surface area contributed by atoms with Crippen molar-refractivity contribution in [3.05, 3.63) is 82.6 Å². The zero-order valence-corrected chi connectivity index (χ0v) is 19.5. The molecule has 0 radical (unpaired) electrons. The molecule has 176 valence electrons. The van der Waals surface area contributed by atoms with Gasteiger partial charge in [-0.1, -0.05) is 30.3 Å².